The minimum Gasteiger partial charge on any atom is -0.487 e. The highest BCUT2D eigenvalue weighted by Gasteiger charge is 2.11. The van der Waals surface area contributed by atoms with E-state index in [1.165, 1.54) is 6.42 Å². The summed E-state index contributed by atoms with van der Waals surface area (Å²) < 4.78 is 5.75. The molecular formula is C15H26N2O. The maximum absolute atomic E-state index is 5.75. The van der Waals surface area contributed by atoms with Crippen LogP contribution < -0.4 is 10.1 Å². The average molecular weight is 250 g/mol. The molecular weight excluding hydrogens is 224 g/mol. The largest absolute Gasteiger partial charge is 0.487 e. The van der Waals surface area contributed by atoms with E-state index >= 15 is 0 Å². The van der Waals surface area contributed by atoms with Gasteiger partial charge in [-0.1, -0.05) is 20.3 Å². The lowest BCUT2D eigenvalue weighted by Gasteiger charge is -2.20. The van der Waals surface area contributed by atoms with Crippen molar-refractivity contribution in [1.82, 2.24) is 4.98 Å². The predicted octanol–water partition coefficient (Wildman–Crippen LogP) is 4.11. The van der Waals surface area contributed by atoms with Gasteiger partial charge in [0.05, 0.1) is 6.10 Å². The number of pyridine rings is 1. The lowest BCUT2D eigenvalue weighted by molar-refractivity contribution is 0.242. The van der Waals surface area contributed by atoms with Crippen molar-refractivity contribution >= 4 is 5.82 Å². The summed E-state index contributed by atoms with van der Waals surface area (Å²) in [6.45, 7) is 10.8. The Balaban J connectivity index is 2.65. The summed E-state index contributed by atoms with van der Waals surface area (Å²) in [5.74, 6) is 2.41. The first-order valence-electron chi connectivity index (χ1n) is 6.91. The Morgan fingerprint density at radius 2 is 2.00 bits per heavy atom. The fraction of sp³-hybridized carbons (Fsp3) is 0.667. The zero-order chi connectivity index (χ0) is 13.5. The summed E-state index contributed by atoms with van der Waals surface area (Å²) in [6, 6.07) is 4.28. The molecule has 3 heteroatoms. The third-order valence-electron chi connectivity index (χ3n) is 2.97. The van der Waals surface area contributed by atoms with Crippen LogP contribution >= 0.6 is 0 Å². The van der Waals surface area contributed by atoms with Crippen LogP contribution in [-0.4, -0.2) is 17.1 Å². The van der Waals surface area contributed by atoms with Gasteiger partial charge in [-0.25, -0.2) is 4.98 Å². The van der Waals surface area contributed by atoms with Gasteiger partial charge in [-0.3, -0.25) is 0 Å². The molecule has 0 spiro atoms. The highest BCUT2D eigenvalue weighted by atomic mass is 16.5. The van der Waals surface area contributed by atoms with Crippen molar-refractivity contribution in [2.75, 3.05) is 5.32 Å². The van der Waals surface area contributed by atoms with E-state index in [-0.39, 0.29) is 6.10 Å². The highest BCUT2D eigenvalue weighted by Crippen LogP contribution is 2.24. The number of nitrogens with zero attached hydrogens (tertiary/aromatic N) is 1. The van der Waals surface area contributed by atoms with Crippen LogP contribution in [0.3, 0.4) is 0 Å². The van der Waals surface area contributed by atoms with Gasteiger partial charge in [0, 0.05) is 12.2 Å². The molecule has 0 radical (unpaired) electrons. The number of aromatic nitrogens is 1. The molecule has 0 aliphatic rings. The van der Waals surface area contributed by atoms with Crippen LogP contribution in [0.5, 0.6) is 5.75 Å². The summed E-state index contributed by atoms with van der Waals surface area (Å²) in [5.41, 5.74) is 0. The molecule has 0 aromatic carbocycles. The van der Waals surface area contributed by atoms with Crippen molar-refractivity contribution in [1.29, 1.82) is 0 Å². The molecule has 2 unspecified atom stereocenters. The molecule has 1 aromatic rings. The topological polar surface area (TPSA) is 34.2 Å². The summed E-state index contributed by atoms with van der Waals surface area (Å²) in [5, 5.41) is 3.44. The first-order chi connectivity index (χ1) is 8.52. The van der Waals surface area contributed by atoms with Crippen molar-refractivity contribution in [2.45, 2.75) is 59.6 Å². The molecule has 1 N–H and O–H groups in total. The second-order valence-electron chi connectivity index (χ2n) is 5.31. The van der Waals surface area contributed by atoms with Crippen molar-refractivity contribution in [3.05, 3.63) is 18.3 Å². The molecule has 1 rings (SSSR count). The van der Waals surface area contributed by atoms with E-state index < -0.39 is 0 Å². The number of ether oxygens (including phenoxy) is 1. The van der Waals surface area contributed by atoms with Crippen molar-refractivity contribution in [3.8, 4) is 5.75 Å². The van der Waals surface area contributed by atoms with Crippen LogP contribution in [0.15, 0.2) is 18.3 Å². The van der Waals surface area contributed by atoms with Crippen LogP contribution in [0.4, 0.5) is 5.82 Å². The summed E-state index contributed by atoms with van der Waals surface area (Å²) >= 11 is 0. The lowest BCUT2D eigenvalue weighted by atomic mass is 10.0. The second kappa shape index (κ2) is 7.24. The van der Waals surface area contributed by atoms with Gasteiger partial charge in [0.1, 0.15) is 0 Å². The van der Waals surface area contributed by atoms with Gasteiger partial charge in [-0.15, -0.1) is 0 Å². The van der Waals surface area contributed by atoms with E-state index in [0.717, 1.165) is 23.9 Å². The monoisotopic (exact) mass is 250 g/mol. The fourth-order valence-electron chi connectivity index (χ4n) is 1.91. The Kier molecular flexibility index (Phi) is 5.96. The van der Waals surface area contributed by atoms with Gasteiger partial charge in [0.2, 0.25) is 0 Å². The number of nitrogens with one attached hydrogen (secondary N) is 1. The van der Waals surface area contributed by atoms with Crippen LogP contribution in [-0.2, 0) is 0 Å². The zero-order valence-electron chi connectivity index (χ0n) is 12.2. The normalized spacial score (nSPS) is 14.3. The molecule has 3 nitrogen and oxygen atoms in total. The SMILES string of the molecule is CCC(C)CC(C)Nc1ncccc1OC(C)C. The average Bonchev–Trinajstić information content (AvgIpc) is 2.30. The molecule has 2 atom stereocenters. The maximum Gasteiger partial charge on any atom is 0.168 e. The van der Waals surface area contributed by atoms with Gasteiger partial charge in [-0.2, -0.15) is 0 Å². The van der Waals surface area contributed by atoms with Gasteiger partial charge < -0.3 is 10.1 Å². The van der Waals surface area contributed by atoms with Crippen LogP contribution in [0.1, 0.15) is 47.5 Å². The number of anilines is 1. The molecule has 0 saturated heterocycles. The second-order valence-corrected chi connectivity index (χ2v) is 5.31. The third kappa shape index (κ3) is 4.94. The molecule has 0 aliphatic heterocycles. The number of hydrogen-bond donors (Lipinski definition) is 1. The Morgan fingerprint density at radius 1 is 1.28 bits per heavy atom. The minimum atomic E-state index is 0.166. The van der Waals surface area contributed by atoms with E-state index in [1.54, 1.807) is 6.20 Å². The molecule has 102 valence electrons. The van der Waals surface area contributed by atoms with Crippen LogP contribution in [0.25, 0.3) is 0 Å². The van der Waals surface area contributed by atoms with E-state index in [4.69, 9.17) is 4.74 Å². The number of rotatable bonds is 7. The quantitative estimate of drug-likeness (QED) is 0.791. The Morgan fingerprint density at radius 3 is 2.61 bits per heavy atom. The minimum absolute atomic E-state index is 0.166. The van der Waals surface area contributed by atoms with Crippen LogP contribution in [0.2, 0.25) is 0 Å². The van der Waals surface area contributed by atoms with E-state index in [2.05, 4.69) is 31.1 Å². The van der Waals surface area contributed by atoms with Gasteiger partial charge in [0.25, 0.3) is 0 Å². The van der Waals surface area contributed by atoms with E-state index in [0.29, 0.717) is 6.04 Å². The molecule has 1 aromatic heterocycles. The zero-order valence-corrected chi connectivity index (χ0v) is 12.2. The van der Waals surface area contributed by atoms with Crippen molar-refractivity contribution in [2.24, 2.45) is 5.92 Å². The van der Waals surface area contributed by atoms with E-state index in [9.17, 15) is 0 Å². The van der Waals surface area contributed by atoms with Crippen molar-refractivity contribution in [3.63, 3.8) is 0 Å². The van der Waals surface area contributed by atoms with Gasteiger partial charge in [0.15, 0.2) is 11.6 Å². The third-order valence-corrected chi connectivity index (χ3v) is 2.97. The summed E-state index contributed by atoms with van der Waals surface area (Å²) in [4.78, 5) is 4.37. The standard InChI is InChI=1S/C15H26N2O/c1-6-12(4)10-13(5)17-15-14(18-11(2)3)8-7-9-16-15/h7-9,11-13H,6,10H2,1-5H3,(H,16,17). The lowest BCUT2D eigenvalue weighted by Crippen LogP contribution is -2.20. The fourth-order valence-corrected chi connectivity index (χ4v) is 1.91. The molecule has 0 aliphatic carbocycles. The Labute approximate surface area is 111 Å². The molecule has 0 fully saturated rings. The highest BCUT2D eigenvalue weighted by molar-refractivity contribution is 5.50. The van der Waals surface area contributed by atoms with Gasteiger partial charge >= 0.3 is 0 Å². The smallest absolute Gasteiger partial charge is 0.168 e. The first-order valence-corrected chi connectivity index (χ1v) is 6.91. The molecule has 0 bridgehead atoms. The molecule has 0 amide bonds. The summed E-state index contributed by atoms with van der Waals surface area (Å²) in [6.07, 6.45) is 4.32. The molecule has 18 heavy (non-hydrogen) atoms. The predicted molar refractivity (Wildman–Crippen MR) is 77.2 cm³/mol. The Hall–Kier alpha value is -1.25. The molecule has 0 saturated carbocycles. The van der Waals surface area contributed by atoms with Crippen LogP contribution in [0, 0.1) is 5.92 Å². The van der Waals surface area contributed by atoms with Crippen molar-refractivity contribution < 1.29 is 4.74 Å². The molecule has 1 heterocycles. The van der Waals surface area contributed by atoms with Gasteiger partial charge in [-0.05, 0) is 45.2 Å². The van der Waals surface area contributed by atoms with E-state index in [1.807, 2.05) is 26.0 Å². The Bertz CT molecular complexity index is 352. The summed E-state index contributed by atoms with van der Waals surface area (Å²) in [7, 11) is 0. The number of hydrogen-bond acceptors (Lipinski definition) is 3. The maximum atomic E-state index is 5.75. The first kappa shape index (κ1) is 14.8.